The lowest BCUT2D eigenvalue weighted by Gasteiger charge is -2.17. The summed E-state index contributed by atoms with van der Waals surface area (Å²) in [5.74, 6) is -2.34. The van der Waals surface area contributed by atoms with Crippen LogP contribution in [-0.2, 0) is 23.9 Å². The molecule has 9 nitrogen and oxygen atoms in total. The van der Waals surface area contributed by atoms with E-state index in [1.807, 2.05) is 0 Å². The lowest BCUT2D eigenvalue weighted by atomic mass is 10.0. The van der Waals surface area contributed by atoms with Crippen molar-refractivity contribution in [3.8, 4) is 0 Å². The summed E-state index contributed by atoms with van der Waals surface area (Å²) in [5, 5.41) is 22.6. The number of carboxylic acids is 1. The molecular formula is C51H90N2O7. The number of carboxylic acid groups (broad SMARTS) is 1. The van der Waals surface area contributed by atoms with Crippen molar-refractivity contribution < 1.29 is 34.1 Å². The molecule has 0 bridgehead atoms. The maximum atomic E-state index is 12.8. The van der Waals surface area contributed by atoms with E-state index < -0.39 is 24.5 Å². The smallest absolute Gasteiger partial charge is 0.328 e. The number of amides is 2. The van der Waals surface area contributed by atoms with Gasteiger partial charge in [0.2, 0.25) is 11.8 Å². The van der Waals surface area contributed by atoms with E-state index in [2.05, 4.69) is 73.1 Å². The van der Waals surface area contributed by atoms with Crippen molar-refractivity contribution in [1.82, 2.24) is 10.6 Å². The quantitative estimate of drug-likeness (QED) is 0.0272. The van der Waals surface area contributed by atoms with Crippen LogP contribution in [0, 0.1) is 0 Å². The summed E-state index contributed by atoms with van der Waals surface area (Å²) in [5.41, 5.74) is 0. The molecule has 0 saturated heterocycles. The summed E-state index contributed by atoms with van der Waals surface area (Å²) < 4.78 is 6.01. The Balaban J connectivity index is 4.33. The molecule has 2 atom stereocenters. The molecular weight excluding hydrogens is 753 g/mol. The number of ether oxygens (including phenoxy) is 1. The van der Waals surface area contributed by atoms with Gasteiger partial charge in [-0.25, -0.2) is 4.79 Å². The zero-order chi connectivity index (χ0) is 44.0. The number of hydrogen-bond donors (Lipinski definition) is 4. The van der Waals surface area contributed by atoms with Crippen LogP contribution in [-0.4, -0.2) is 59.3 Å². The first-order valence-corrected chi connectivity index (χ1v) is 24.5. The highest BCUT2D eigenvalue weighted by atomic mass is 16.5. The minimum absolute atomic E-state index is 0.0772. The van der Waals surface area contributed by atoms with Crippen LogP contribution in [0.15, 0.2) is 48.6 Å². The lowest BCUT2D eigenvalue weighted by molar-refractivity contribution is -0.150. The summed E-state index contributed by atoms with van der Waals surface area (Å²) in [6.07, 6.45) is 54.4. The molecule has 0 aliphatic rings. The van der Waals surface area contributed by atoms with E-state index in [4.69, 9.17) is 14.9 Å². The number of esters is 1. The molecule has 4 N–H and O–H groups in total. The number of aliphatic carboxylic acids is 1. The maximum Gasteiger partial charge on any atom is 0.328 e. The van der Waals surface area contributed by atoms with E-state index >= 15 is 0 Å². The van der Waals surface area contributed by atoms with Crippen LogP contribution in [0.2, 0.25) is 0 Å². The van der Waals surface area contributed by atoms with Gasteiger partial charge in [-0.15, -0.1) is 0 Å². The molecule has 0 saturated carbocycles. The van der Waals surface area contributed by atoms with Gasteiger partial charge < -0.3 is 25.6 Å². The predicted molar refractivity (Wildman–Crippen MR) is 250 cm³/mol. The van der Waals surface area contributed by atoms with Crippen molar-refractivity contribution in [2.75, 3.05) is 13.2 Å². The highest BCUT2D eigenvalue weighted by Crippen LogP contribution is 2.18. The molecule has 0 aromatic carbocycles. The van der Waals surface area contributed by atoms with Crippen LogP contribution in [0.25, 0.3) is 0 Å². The second-order valence-electron chi connectivity index (χ2n) is 16.5. The number of aliphatic hydroxyl groups excluding tert-OH is 1. The summed E-state index contributed by atoms with van der Waals surface area (Å²) >= 11 is 0. The Bertz CT molecular complexity index is 1150. The Hall–Kier alpha value is -3.20. The third-order valence-corrected chi connectivity index (χ3v) is 10.8. The summed E-state index contributed by atoms with van der Waals surface area (Å²) in [6, 6.07) is -1.39. The number of carbonyl (C=O) groups is 4. The Morgan fingerprint density at radius 1 is 0.517 bits per heavy atom. The third-order valence-electron chi connectivity index (χ3n) is 10.8. The Morgan fingerprint density at radius 2 is 0.950 bits per heavy atom. The Kier molecular flexibility index (Phi) is 42.9. The zero-order valence-corrected chi connectivity index (χ0v) is 38.5. The van der Waals surface area contributed by atoms with Crippen molar-refractivity contribution in [1.29, 1.82) is 0 Å². The first-order valence-electron chi connectivity index (χ1n) is 24.5. The second-order valence-corrected chi connectivity index (χ2v) is 16.5. The van der Waals surface area contributed by atoms with Crippen molar-refractivity contribution in [2.45, 2.75) is 238 Å². The molecule has 0 aliphatic heterocycles. The molecule has 0 aliphatic carbocycles. The van der Waals surface area contributed by atoms with E-state index in [0.29, 0.717) is 12.8 Å². The minimum atomic E-state index is -1.39. The second kappa shape index (κ2) is 45.3. The minimum Gasteiger partial charge on any atom is -0.480 e. The van der Waals surface area contributed by atoms with Gasteiger partial charge >= 0.3 is 11.9 Å². The van der Waals surface area contributed by atoms with Crippen molar-refractivity contribution in [2.24, 2.45) is 0 Å². The van der Waals surface area contributed by atoms with Crippen molar-refractivity contribution in [3.05, 3.63) is 48.6 Å². The molecule has 60 heavy (non-hydrogen) atoms. The van der Waals surface area contributed by atoms with Crippen LogP contribution in [0.3, 0.4) is 0 Å². The van der Waals surface area contributed by atoms with Gasteiger partial charge in [-0.2, -0.15) is 0 Å². The maximum absolute atomic E-state index is 12.8. The fourth-order valence-electron chi connectivity index (χ4n) is 7.12. The van der Waals surface area contributed by atoms with E-state index in [0.717, 1.165) is 83.5 Å². The van der Waals surface area contributed by atoms with Gasteiger partial charge in [0.05, 0.1) is 13.2 Å². The third kappa shape index (κ3) is 41.5. The van der Waals surface area contributed by atoms with Gasteiger partial charge in [0.25, 0.3) is 0 Å². The highest BCUT2D eigenvalue weighted by molar-refractivity contribution is 5.87. The largest absolute Gasteiger partial charge is 0.480 e. The van der Waals surface area contributed by atoms with Crippen LogP contribution in [0.5, 0.6) is 0 Å². The SMILES string of the molecule is CC/C=C\C/C=C\C/C=C\C/C=C\CCC(CCCCCCCC(=O)NCC(=O)NC(CO)C(=O)O)OC(=O)CCCCCCCCCCCCCCCCCCCCC. The molecule has 2 amide bonds. The van der Waals surface area contributed by atoms with Crippen LogP contribution < -0.4 is 10.6 Å². The first kappa shape index (κ1) is 56.8. The van der Waals surface area contributed by atoms with E-state index in [1.54, 1.807) is 0 Å². The zero-order valence-electron chi connectivity index (χ0n) is 38.5. The molecule has 346 valence electrons. The number of hydrogen-bond acceptors (Lipinski definition) is 6. The van der Waals surface area contributed by atoms with E-state index in [-0.39, 0.29) is 30.9 Å². The molecule has 0 aromatic heterocycles. The average molecular weight is 843 g/mol. The van der Waals surface area contributed by atoms with Gasteiger partial charge in [-0.05, 0) is 64.2 Å². The van der Waals surface area contributed by atoms with Gasteiger partial charge in [0.15, 0.2) is 0 Å². The van der Waals surface area contributed by atoms with Crippen LogP contribution in [0.1, 0.15) is 226 Å². The summed E-state index contributed by atoms with van der Waals surface area (Å²) in [7, 11) is 0. The predicted octanol–water partition coefficient (Wildman–Crippen LogP) is 12.7. The van der Waals surface area contributed by atoms with E-state index in [1.165, 1.54) is 109 Å². The van der Waals surface area contributed by atoms with Crippen molar-refractivity contribution >= 4 is 23.8 Å². The van der Waals surface area contributed by atoms with Gasteiger partial charge in [-0.1, -0.05) is 197 Å². The Labute approximate surface area is 367 Å². The molecule has 0 radical (unpaired) electrons. The fraction of sp³-hybridized carbons (Fsp3) is 0.765. The van der Waals surface area contributed by atoms with Gasteiger partial charge in [0, 0.05) is 12.8 Å². The molecule has 0 heterocycles. The number of nitrogens with one attached hydrogen (secondary N) is 2. The number of rotatable bonds is 44. The molecule has 0 rings (SSSR count). The monoisotopic (exact) mass is 843 g/mol. The normalized spacial score (nSPS) is 12.8. The van der Waals surface area contributed by atoms with Crippen molar-refractivity contribution in [3.63, 3.8) is 0 Å². The summed E-state index contributed by atoms with van der Waals surface area (Å²) in [6.45, 7) is 3.38. The number of aliphatic hydroxyl groups is 1. The van der Waals surface area contributed by atoms with Crippen LogP contribution >= 0.6 is 0 Å². The molecule has 0 aromatic rings. The van der Waals surface area contributed by atoms with Gasteiger partial charge in [-0.3, -0.25) is 14.4 Å². The number of unbranched alkanes of at least 4 members (excludes halogenated alkanes) is 22. The topological polar surface area (TPSA) is 142 Å². The molecule has 0 fully saturated rings. The number of allylic oxidation sites excluding steroid dienone is 8. The molecule has 0 spiro atoms. The van der Waals surface area contributed by atoms with Gasteiger partial charge in [0.1, 0.15) is 12.1 Å². The Morgan fingerprint density at radius 3 is 1.42 bits per heavy atom. The standard InChI is InChI=1S/C51H90N2O7/c1-3-5-7-9-11-13-15-17-18-19-20-21-22-24-26-28-30-35-39-43-50(57)60-46(40-36-32-29-27-25-23-16-14-12-10-8-6-4-2)41-37-33-31-34-38-42-48(55)52-44-49(56)53-47(45-54)51(58)59/h6,8,12,14,23,25,29,32,46-47,54H,3-5,7,9-11,13,15-22,24,26-28,30-31,33-45H2,1-2H3,(H,52,55)(H,53,56)(H,58,59)/b8-6-,14-12-,25-23-,32-29-. The van der Waals surface area contributed by atoms with E-state index in [9.17, 15) is 19.2 Å². The fourth-order valence-corrected chi connectivity index (χ4v) is 7.12. The summed E-state index contributed by atoms with van der Waals surface area (Å²) in [4.78, 5) is 47.7. The van der Waals surface area contributed by atoms with Crippen LogP contribution in [0.4, 0.5) is 0 Å². The lowest BCUT2D eigenvalue weighted by Crippen LogP contribution is -2.47. The number of carbonyl (C=O) groups excluding carboxylic acids is 3. The molecule has 2 unspecified atom stereocenters. The highest BCUT2D eigenvalue weighted by Gasteiger charge is 2.19. The first-order chi connectivity index (χ1) is 29.3. The average Bonchev–Trinajstić information content (AvgIpc) is 3.23. The molecule has 9 heteroatoms.